The van der Waals surface area contributed by atoms with Crippen LogP contribution in [0.15, 0.2) is 53.7 Å². The number of aromatic nitrogens is 4. The predicted molar refractivity (Wildman–Crippen MR) is 122 cm³/mol. The molecule has 1 atom stereocenters. The first-order valence-corrected chi connectivity index (χ1v) is 11.3. The number of methoxy groups -OCH3 is 1. The molecule has 0 radical (unpaired) electrons. The van der Waals surface area contributed by atoms with Crippen molar-refractivity contribution in [1.82, 2.24) is 19.7 Å². The van der Waals surface area contributed by atoms with Gasteiger partial charge in [-0.15, -0.1) is 10.2 Å². The molecule has 0 bridgehead atoms. The van der Waals surface area contributed by atoms with E-state index in [4.69, 9.17) is 9.47 Å². The third kappa shape index (κ3) is 4.97. The first-order chi connectivity index (χ1) is 15.0. The lowest BCUT2D eigenvalue weighted by Crippen LogP contribution is -2.14. The molecule has 1 N–H and O–H groups in total. The Morgan fingerprint density at radius 2 is 1.90 bits per heavy atom. The first-order valence-electron chi connectivity index (χ1n) is 9.51. The zero-order valence-electron chi connectivity index (χ0n) is 17.2. The second-order valence-electron chi connectivity index (χ2n) is 6.66. The predicted octanol–water partition coefficient (Wildman–Crippen LogP) is 4.30. The van der Waals surface area contributed by atoms with Gasteiger partial charge in [-0.05, 0) is 43.3 Å². The maximum absolute atomic E-state index is 12.4. The molecule has 1 unspecified atom stereocenters. The summed E-state index contributed by atoms with van der Waals surface area (Å²) in [6, 6.07) is 15.1. The quantitative estimate of drug-likeness (QED) is 0.396. The van der Waals surface area contributed by atoms with E-state index in [9.17, 15) is 4.79 Å². The lowest BCUT2D eigenvalue weighted by Gasteiger charge is -2.14. The van der Waals surface area contributed by atoms with Crippen molar-refractivity contribution >= 4 is 44.4 Å². The normalized spacial score (nSPS) is 12.0. The van der Waals surface area contributed by atoms with E-state index in [1.165, 1.54) is 23.1 Å². The van der Waals surface area contributed by atoms with E-state index in [0.29, 0.717) is 21.9 Å². The van der Waals surface area contributed by atoms with Crippen LogP contribution in [0.4, 0.5) is 5.13 Å². The number of hydrogen-bond acceptors (Lipinski definition) is 8. The van der Waals surface area contributed by atoms with Gasteiger partial charge in [-0.2, -0.15) is 0 Å². The van der Waals surface area contributed by atoms with E-state index < -0.39 is 0 Å². The zero-order valence-corrected chi connectivity index (χ0v) is 18.9. The van der Waals surface area contributed by atoms with Crippen LogP contribution in [-0.2, 0) is 11.8 Å². The molecule has 2 aromatic carbocycles. The van der Waals surface area contributed by atoms with Crippen molar-refractivity contribution in [3.05, 3.63) is 54.4 Å². The van der Waals surface area contributed by atoms with Crippen molar-refractivity contribution < 1.29 is 14.3 Å². The number of thioether (sulfide) groups is 1. The van der Waals surface area contributed by atoms with Crippen LogP contribution >= 0.6 is 23.1 Å². The highest BCUT2D eigenvalue weighted by atomic mass is 32.2. The highest BCUT2D eigenvalue weighted by molar-refractivity contribution is 7.99. The number of amides is 1. The zero-order chi connectivity index (χ0) is 21.8. The molecule has 0 aliphatic carbocycles. The molecule has 1 amide bonds. The van der Waals surface area contributed by atoms with E-state index in [0.717, 1.165) is 16.0 Å². The van der Waals surface area contributed by atoms with Crippen molar-refractivity contribution in [2.75, 3.05) is 18.2 Å². The monoisotopic (exact) mass is 455 g/mol. The Bertz CT molecular complexity index is 1160. The van der Waals surface area contributed by atoms with Crippen LogP contribution in [0, 0.1) is 0 Å². The SMILES string of the molecule is COc1ccc(OC(C)c2nnc(SCC(=O)Nc3nc4ccccc4s3)n2C)cc1. The van der Waals surface area contributed by atoms with E-state index in [-0.39, 0.29) is 17.8 Å². The smallest absolute Gasteiger partial charge is 0.236 e. The second-order valence-corrected chi connectivity index (χ2v) is 8.63. The van der Waals surface area contributed by atoms with Crippen molar-refractivity contribution in [1.29, 1.82) is 0 Å². The van der Waals surface area contributed by atoms with Gasteiger partial charge in [-0.3, -0.25) is 4.79 Å². The molecule has 0 aliphatic rings. The number of thiazole rings is 1. The maximum atomic E-state index is 12.4. The van der Waals surface area contributed by atoms with Gasteiger partial charge in [0.25, 0.3) is 0 Å². The fraction of sp³-hybridized carbons (Fsp3) is 0.238. The molecule has 8 nitrogen and oxygen atoms in total. The van der Waals surface area contributed by atoms with Crippen LogP contribution in [0.25, 0.3) is 10.2 Å². The molecular formula is C21H21N5O3S2. The third-order valence-corrected chi connectivity index (χ3v) is 6.45. The average molecular weight is 456 g/mol. The number of benzene rings is 2. The Morgan fingerprint density at radius 3 is 2.65 bits per heavy atom. The van der Waals surface area contributed by atoms with E-state index >= 15 is 0 Å². The number of para-hydroxylation sites is 1. The fourth-order valence-corrected chi connectivity index (χ4v) is 4.53. The van der Waals surface area contributed by atoms with Crippen LogP contribution in [-0.4, -0.2) is 38.5 Å². The second kappa shape index (κ2) is 9.36. The summed E-state index contributed by atoms with van der Waals surface area (Å²) in [7, 11) is 3.48. The van der Waals surface area contributed by atoms with Crippen LogP contribution in [0.2, 0.25) is 0 Å². The number of rotatable bonds is 8. The summed E-state index contributed by atoms with van der Waals surface area (Å²) in [6.45, 7) is 1.91. The summed E-state index contributed by atoms with van der Waals surface area (Å²) in [5.74, 6) is 2.21. The third-order valence-electron chi connectivity index (χ3n) is 4.48. The molecule has 10 heteroatoms. The molecule has 31 heavy (non-hydrogen) atoms. The first kappa shape index (κ1) is 21.1. The molecule has 2 aromatic heterocycles. The lowest BCUT2D eigenvalue weighted by atomic mass is 10.3. The molecule has 0 spiro atoms. The number of anilines is 1. The molecule has 160 valence electrons. The summed E-state index contributed by atoms with van der Waals surface area (Å²) in [5, 5.41) is 12.5. The number of nitrogens with zero attached hydrogens (tertiary/aromatic N) is 4. The van der Waals surface area contributed by atoms with Gasteiger partial charge in [0, 0.05) is 7.05 Å². The Kier molecular flexibility index (Phi) is 6.38. The molecule has 0 fully saturated rings. The van der Waals surface area contributed by atoms with Gasteiger partial charge in [0.15, 0.2) is 22.2 Å². The summed E-state index contributed by atoms with van der Waals surface area (Å²) < 4.78 is 14.0. The van der Waals surface area contributed by atoms with Gasteiger partial charge in [-0.1, -0.05) is 35.2 Å². The molecule has 2 heterocycles. The number of carbonyl (C=O) groups is 1. The van der Waals surface area contributed by atoms with Crippen LogP contribution in [0.1, 0.15) is 18.9 Å². The Labute approximate surface area is 187 Å². The van der Waals surface area contributed by atoms with E-state index in [2.05, 4.69) is 20.5 Å². The molecule has 0 aliphatic heterocycles. The van der Waals surface area contributed by atoms with Crippen LogP contribution < -0.4 is 14.8 Å². The summed E-state index contributed by atoms with van der Waals surface area (Å²) in [4.78, 5) is 16.8. The Hall–Kier alpha value is -3.11. The minimum Gasteiger partial charge on any atom is -0.497 e. The topological polar surface area (TPSA) is 91.2 Å². The summed E-state index contributed by atoms with van der Waals surface area (Å²) >= 11 is 2.76. The molecule has 4 rings (SSSR count). The van der Waals surface area contributed by atoms with Gasteiger partial charge in [0.2, 0.25) is 5.91 Å². The van der Waals surface area contributed by atoms with Gasteiger partial charge >= 0.3 is 0 Å². The maximum Gasteiger partial charge on any atom is 0.236 e. The largest absolute Gasteiger partial charge is 0.497 e. The Morgan fingerprint density at radius 1 is 1.16 bits per heavy atom. The number of fused-ring (bicyclic) bond motifs is 1. The summed E-state index contributed by atoms with van der Waals surface area (Å²) in [5.41, 5.74) is 0.874. The van der Waals surface area contributed by atoms with Crippen molar-refractivity contribution in [2.24, 2.45) is 7.05 Å². The number of nitrogens with one attached hydrogen (secondary N) is 1. The highest BCUT2D eigenvalue weighted by Crippen LogP contribution is 2.27. The Balaban J connectivity index is 1.34. The molecular weight excluding hydrogens is 434 g/mol. The minimum absolute atomic E-state index is 0.142. The van der Waals surface area contributed by atoms with Gasteiger partial charge in [0.1, 0.15) is 11.5 Å². The van der Waals surface area contributed by atoms with Gasteiger partial charge < -0.3 is 19.4 Å². The highest BCUT2D eigenvalue weighted by Gasteiger charge is 2.18. The standard InChI is InChI=1S/C21H21N5O3S2/c1-13(29-15-10-8-14(28-3)9-11-15)19-24-25-21(26(19)2)30-12-18(27)23-20-22-16-6-4-5-7-17(16)31-20/h4-11,13H,12H2,1-3H3,(H,22,23,27). The van der Waals surface area contributed by atoms with E-state index in [1.54, 1.807) is 7.11 Å². The van der Waals surface area contributed by atoms with Crippen molar-refractivity contribution in [3.8, 4) is 11.5 Å². The van der Waals surface area contributed by atoms with Gasteiger partial charge in [0.05, 0.1) is 23.1 Å². The van der Waals surface area contributed by atoms with Gasteiger partial charge in [-0.25, -0.2) is 4.98 Å². The van der Waals surface area contributed by atoms with E-state index in [1.807, 2.05) is 67.1 Å². The fourth-order valence-electron chi connectivity index (χ4n) is 2.93. The molecule has 4 aromatic rings. The average Bonchev–Trinajstić information content (AvgIpc) is 3.35. The minimum atomic E-state index is -0.309. The number of ether oxygens (including phenoxy) is 2. The summed E-state index contributed by atoms with van der Waals surface area (Å²) in [6.07, 6.45) is -0.309. The van der Waals surface area contributed by atoms with Crippen LogP contribution in [0.3, 0.4) is 0 Å². The molecule has 0 saturated carbocycles. The number of carbonyl (C=O) groups excluding carboxylic acids is 1. The van der Waals surface area contributed by atoms with Crippen molar-refractivity contribution in [2.45, 2.75) is 18.2 Å². The number of hydrogen-bond donors (Lipinski definition) is 1. The van der Waals surface area contributed by atoms with Crippen molar-refractivity contribution in [3.63, 3.8) is 0 Å². The molecule has 0 saturated heterocycles. The lowest BCUT2D eigenvalue weighted by molar-refractivity contribution is -0.113. The van der Waals surface area contributed by atoms with Crippen LogP contribution in [0.5, 0.6) is 11.5 Å².